The third kappa shape index (κ3) is 2.80. The summed E-state index contributed by atoms with van der Waals surface area (Å²) in [6.45, 7) is 3.78. The second kappa shape index (κ2) is 6.11. The molecule has 2 bridgehead atoms. The minimum atomic E-state index is -3.40. The van der Waals surface area contributed by atoms with E-state index in [9.17, 15) is 13.2 Å². The molecule has 3 aliphatic rings. The van der Waals surface area contributed by atoms with Crippen molar-refractivity contribution in [3.05, 3.63) is 17.0 Å². The molecule has 7 heteroatoms. The molecule has 1 aromatic heterocycles. The fourth-order valence-corrected chi connectivity index (χ4v) is 7.47. The molecule has 1 aliphatic heterocycles. The van der Waals surface area contributed by atoms with Gasteiger partial charge in [0, 0.05) is 37.0 Å². The quantitative estimate of drug-likeness (QED) is 0.823. The Labute approximate surface area is 147 Å². The molecule has 0 unspecified atom stereocenters. The maximum atomic E-state index is 12.8. The summed E-state index contributed by atoms with van der Waals surface area (Å²) in [5.41, 5.74) is 0. The third-order valence-electron chi connectivity index (χ3n) is 5.92. The molecule has 0 N–H and O–H groups in total. The zero-order chi connectivity index (χ0) is 16.9. The molecule has 132 valence electrons. The van der Waals surface area contributed by atoms with Gasteiger partial charge in [0.2, 0.25) is 5.91 Å². The lowest BCUT2D eigenvalue weighted by molar-refractivity contribution is -0.138. The van der Waals surface area contributed by atoms with E-state index in [2.05, 4.69) is 0 Å². The molecular weight excluding hydrogens is 344 g/mol. The number of aryl methyl sites for hydroxylation is 1. The topological polar surface area (TPSA) is 57.7 Å². The fourth-order valence-electron chi connectivity index (χ4n) is 4.61. The molecule has 5 nitrogen and oxygen atoms in total. The number of amides is 1. The van der Waals surface area contributed by atoms with Gasteiger partial charge in [-0.1, -0.05) is 6.42 Å². The Morgan fingerprint density at radius 3 is 2.42 bits per heavy atom. The second-order valence-corrected chi connectivity index (χ2v) is 10.8. The van der Waals surface area contributed by atoms with Crippen LogP contribution in [0.2, 0.25) is 0 Å². The number of hydrogen-bond acceptors (Lipinski definition) is 4. The van der Waals surface area contributed by atoms with Crippen molar-refractivity contribution in [3.63, 3.8) is 0 Å². The van der Waals surface area contributed by atoms with Gasteiger partial charge in [0.05, 0.1) is 0 Å². The van der Waals surface area contributed by atoms with Gasteiger partial charge in [-0.05, 0) is 50.2 Å². The zero-order valence-electron chi connectivity index (χ0n) is 14.0. The molecule has 4 rings (SSSR count). The van der Waals surface area contributed by atoms with Crippen LogP contribution in [-0.2, 0) is 14.8 Å². The normalized spacial score (nSPS) is 30.9. The van der Waals surface area contributed by atoms with Crippen LogP contribution in [0.5, 0.6) is 0 Å². The van der Waals surface area contributed by atoms with Crippen molar-refractivity contribution in [1.82, 2.24) is 9.21 Å². The largest absolute Gasteiger partial charge is 0.340 e. The van der Waals surface area contributed by atoms with Crippen LogP contribution in [0.4, 0.5) is 0 Å². The van der Waals surface area contributed by atoms with E-state index in [0.717, 1.165) is 17.2 Å². The lowest BCUT2D eigenvalue weighted by Crippen LogP contribution is -2.52. The highest BCUT2D eigenvalue weighted by atomic mass is 32.2. The summed E-state index contributed by atoms with van der Waals surface area (Å²) < 4.78 is 27.3. The molecule has 0 spiro atoms. The number of nitrogens with zero attached hydrogens (tertiary/aromatic N) is 2. The Morgan fingerprint density at radius 2 is 1.88 bits per heavy atom. The maximum Gasteiger partial charge on any atom is 0.252 e. The van der Waals surface area contributed by atoms with Gasteiger partial charge in [-0.2, -0.15) is 4.31 Å². The lowest BCUT2D eigenvalue weighted by Gasteiger charge is -2.36. The van der Waals surface area contributed by atoms with E-state index in [-0.39, 0.29) is 11.8 Å². The van der Waals surface area contributed by atoms with Crippen molar-refractivity contribution in [2.45, 2.75) is 36.8 Å². The molecule has 2 heterocycles. The number of sulfonamides is 1. The first-order valence-electron chi connectivity index (χ1n) is 8.80. The Balaban J connectivity index is 1.39. The molecule has 1 aromatic rings. The summed E-state index contributed by atoms with van der Waals surface area (Å²) in [5.74, 6) is 1.81. The van der Waals surface area contributed by atoms with Gasteiger partial charge in [0.25, 0.3) is 10.0 Å². The number of carbonyl (C=O) groups excluding carboxylic acids is 1. The highest BCUT2D eigenvalue weighted by molar-refractivity contribution is 7.91. The second-order valence-electron chi connectivity index (χ2n) is 7.38. The highest BCUT2D eigenvalue weighted by Gasteiger charge is 2.45. The van der Waals surface area contributed by atoms with E-state index in [4.69, 9.17) is 0 Å². The summed E-state index contributed by atoms with van der Waals surface area (Å²) >= 11 is 1.31. The standard InChI is InChI=1S/C17H24N2O3S2/c1-12-2-5-16(23-12)24(21,22)19-8-6-18(7-9-19)17(20)15-11-13-3-4-14(15)10-13/h2,5,13-15H,3-4,6-11H2,1H3/t13-,14-,15-/m0/s1. The van der Waals surface area contributed by atoms with Gasteiger partial charge < -0.3 is 4.90 Å². The number of fused-ring (bicyclic) bond motifs is 2. The van der Waals surface area contributed by atoms with Crippen LogP contribution in [0.3, 0.4) is 0 Å². The minimum absolute atomic E-state index is 0.201. The molecule has 1 amide bonds. The van der Waals surface area contributed by atoms with Crippen LogP contribution in [0.1, 0.15) is 30.6 Å². The predicted octanol–water partition coefficient (Wildman–Crippen LogP) is 2.33. The van der Waals surface area contributed by atoms with E-state index in [1.807, 2.05) is 17.9 Å². The Hall–Kier alpha value is -0.920. The van der Waals surface area contributed by atoms with Gasteiger partial charge in [-0.15, -0.1) is 11.3 Å². The SMILES string of the molecule is Cc1ccc(S(=O)(=O)N2CCN(C(=O)[C@H]3C[C@H]4CC[C@H]3C4)CC2)s1. The molecule has 3 fully saturated rings. The average molecular weight is 369 g/mol. The minimum Gasteiger partial charge on any atom is -0.340 e. The predicted molar refractivity (Wildman–Crippen MR) is 93.3 cm³/mol. The van der Waals surface area contributed by atoms with Gasteiger partial charge in [-0.3, -0.25) is 4.79 Å². The number of rotatable bonds is 3. The Bertz CT molecular complexity index is 735. The monoisotopic (exact) mass is 368 g/mol. The molecule has 0 radical (unpaired) electrons. The summed E-state index contributed by atoms with van der Waals surface area (Å²) in [5, 5.41) is 0. The molecular formula is C17H24N2O3S2. The third-order valence-corrected chi connectivity index (χ3v) is 9.28. The Morgan fingerprint density at radius 1 is 1.12 bits per heavy atom. The maximum absolute atomic E-state index is 12.8. The van der Waals surface area contributed by atoms with Crippen LogP contribution in [-0.4, -0.2) is 49.7 Å². The number of piperazine rings is 1. The van der Waals surface area contributed by atoms with Gasteiger partial charge in [0.1, 0.15) is 4.21 Å². The van der Waals surface area contributed by atoms with Crippen molar-refractivity contribution in [2.75, 3.05) is 26.2 Å². The first kappa shape index (κ1) is 16.5. The van der Waals surface area contributed by atoms with E-state index >= 15 is 0 Å². The molecule has 2 aliphatic carbocycles. The fraction of sp³-hybridized carbons (Fsp3) is 0.706. The average Bonchev–Trinajstić information content (AvgIpc) is 3.31. The summed E-state index contributed by atoms with van der Waals surface area (Å²) in [4.78, 5) is 15.7. The molecule has 3 atom stereocenters. The molecule has 24 heavy (non-hydrogen) atoms. The van der Waals surface area contributed by atoms with Gasteiger partial charge in [0.15, 0.2) is 0 Å². The van der Waals surface area contributed by atoms with E-state index in [0.29, 0.717) is 36.3 Å². The van der Waals surface area contributed by atoms with Crippen molar-refractivity contribution >= 4 is 27.3 Å². The lowest BCUT2D eigenvalue weighted by atomic mass is 9.87. The van der Waals surface area contributed by atoms with E-state index in [1.165, 1.54) is 34.9 Å². The Kier molecular flexibility index (Phi) is 4.21. The van der Waals surface area contributed by atoms with Crippen LogP contribution >= 0.6 is 11.3 Å². The molecule has 1 saturated heterocycles. The number of carbonyl (C=O) groups is 1. The van der Waals surface area contributed by atoms with Crippen LogP contribution in [0.25, 0.3) is 0 Å². The number of hydrogen-bond donors (Lipinski definition) is 0. The summed E-state index contributed by atoms with van der Waals surface area (Å²) in [7, 11) is -3.40. The number of thiophene rings is 1. The van der Waals surface area contributed by atoms with Gasteiger partial charge >= 0.3 is 0 Å². The van der Waals surface area contributed by atoms with E-state index in [1.54, 1.807) is 6.07 Å². The van der Waals surface area contributed by atoms with Crippen molar-refractivity contribution in [1.29, 1.82) is 0 Å². The van der Waals surface area contributed by atoms with Crippen LogP contribution in [0.15, 0.2) is 16.3 Å². The van der Waals surface area contributed by atoms with Crippen molar-refractivity contribution in [2.24, 2.45) is 17.8 Å². The highest BCUT2D eigenvalue weighted by Crippen LogP contribution is 2.48. The van der Waals surface area contributed by atoms with Crippen molar-refractivity contribution < 1.29 is 13.2 Å². The van der Waals surface area contributed by atoms with Crippen LogP contribution in [0, 0.1) is 24.7 Å². The summed E-state index contributed by atoms with van der Waals surface area (Å²) in [6.07, 6.45) is 4.77. The first-order valence-corrected chi connectivity index (χ1v) is 11.1. The van der Waals surface area contributed by atoms with Crippen LogP contribution < -0.4 is 0 Å². The molecule has 2 saturated carbocycles. The van der Waals surface area contributed by atoms with Crippen molar-refractivity contribution in [3.8, 4) is 0 Å². The van der Waals surface area contributed by atoms with E-state index < -0.39 is 10.0 Å². The zero-order valence-corrected chi connectivity index (χ0v) is 15.6. The smallest absolute Gasteiger partial charge is 0.252 e. The molecule has 0 aromatic carbocycles. The first-order chi connectivity index (χ1) is 11.4. The van der Waals surface area contributed by atoms with Gasteiger partial charge in [-0.25, -0.2) is 8.42 Å². The summed E-state index contributed by atoms with van der Waals surface area (Å²) in [6, 6.07) is 3.52.